The molecule has 0 aliphatic carbocycles. The Morgan fingerprint density at radius 2 is 1.50 bits per heavy atom. The Kier molecular flexibility index (Phi) is 13.8. The van der Waals surface area contributed by atoms with E-state index in [4.69, 9.17) is 22.3 Å². The fraction of sp³-hybridized carbons (Fsp3) is 0.684. The molecule has 5 unspecified atom stereocenters. The van der Waals surface area contributed by atoms with Gasteiger partial charge in [-0.25, -0.2) is 4.79 Å². The van der Waals surface area contributed by atoms with Gasteiger partial charge in [0, 0.05) is 6.54 Å². The van der Waals surface area contributed by atoms with Crippen molar-refractivity contribution in [3.05, 3.63) is 0 Å². The second kappa shape index (κ2) is 15.4. The van der Waals surface area contributed by atoms with Crippen LogP contribution in [0.4, 0.5) is 0 Å². The number of guanidine groups is 1. The summed E-state index contributed by atoms with van der Waals surface area (Å²) in [5, 5.41) is 34.5. The van der Waals surface area contributed by atoms with E-state index in [-0.39, 0.29) is 25.3 Å². The Bertz CT molecular complexity index is 757. The fourth-order valence-electron chi connectivity index (χ4n) is 2.74. The third kappa shape index (κ3) is 11.4. The summed E-state index contributed by atoms with van der Waals surface area (Å²) >= 11 is 0. The zero-order valence-electron chi connectivity index (χ0n) is 19.2. The lowest BCUT2D eigenvalue weighted by Crippen LogP contribution is -2.58. The molecule has 34 heavy (non-hydrogen) atoms. The average Bonchev–Trinajstić information content (AvgIpc) is 2.75. The van der Waals surface area contributed by atoms with Crippen LogP contribution >= 0.6 is 0 Å². The molecular formula is C19H35N7O8. The van der Waals surface area contributed by atoms with Gasteiger partial charge >= 0.3 is 11.9 Å². The van der Waals surface area contributed by atoms with Gasteiger partial charge in [-0.3, -0.25) is 24.2 Å². The van der Waals surface area contributed by atoms with Gasteiger partial charge in [-0.05, 0) is 18.8 Å². The molecule has 0 aromatic carbocycles. The van der Waals surface area contributed by atoms with Crippen LogP contribution in [0, 0.1) is 5.92 Å². The van der Waals surface area contributed by atoms with Crippen molar-refractivity contribution >= 4 is 35.6 Å². The molecule has 0 aromatic heterocycles. The van der Waals surface area contributed by atoms with E-state index in [1.807, 2.05) is 0 Å². The second-order valence-electron chi connectivity index (χ2n) is 7.67. The molecule has 15 nitrogen and oxygen atoms in total. The number of carbonyl (C=O) groups excluding carboxylic acids is 3. The molecule has 0 aliphatic rings. The highest BCUT2D eigenvalue weighted by Gasteiger charge is 2.31. The van der Waals surface area contributed by atoms with Gasteiger partial charge < -0.3 is 48.5 Å². The highest BCUT2D eigenvalue weighted by atomic mass is 16.4. The van der Waals surface area contributed by atoms with Gasteiger partial charge in [-0.1, -0.05) is 20.3 Å². The number of aliphatic hydroxyl groups excluding tert-OH is 1. The van der Waals surface area contributed by atoms with E-state index < -0.39 is 72.8 Å². The van der Waals surface area contributed by atoms with E-state index in [0.29, 0.717) is 6.42 Å². The standard InChI is InChI=1S/C19H35N7O8/c1-3-9(2)14(18(33)34)26-16(31)11(5-4-6-23-19(21)22)24-17(32)12(8-27)25-15(30)10(20)7-13(28)29/h9-12,14,27H,3-8,20H2,1-2H3,(H,24,32)(H,25,30)(H,26,31)(H,28,29)(H,33,34)(H4,21,22,23). The first-order chi connectivity index (χ1) is 15.8. The predicted octanol–water partition coefficient (Wildman–Crippen LogP) is -3.58. The summed E-state index contributed by atoms with van der Waals surface area (Å²) in [7, 11) is 0. The van der Waals surface area contributed by atoms with Crippen molar-refractivity contribution in [3.8, 4) is 0 Å². The Morgan fingerprint density at radius 3 is 1.97 bits per heavy atom. The lowest BCUT2D eigenvalue weighted by molar-refractivity contribution is -0.144. The number of rotatable bonds is 16. The lowest BCUT2D eigenvalue weighted by atomic mass is 9.98. The molecule has 0 fully saturated rings. The monoisotopic (exact) mass is 489 g/mol. The van der Waals surface area contributed by atoms with Crippen LogP contribution in [0.15, 0.2) is 4.99 Å². The number of aliphatic hydroxyl groups is 1. The minimum absolute atomic E-state index is 0.00578. The number of aliphatic carboxylic acids is 2. The van der Waals surface area contributed by atoms with Gasteiger partial charge in [0.1, 0.15) is 18.1 Å². The molecule has 0 spiro atoms. The molecular weight excluding hydrogens is 454 g/mol. The molecule has 0 radical (unpaired) electrons. The topological polar surface area (TPSA) is 273 Å². The molecule has 0 saturated heterocycles. The molecule has 5 atom stereocenters. The number of hydrogen-bond acceptors (Lipinski definition) is 8. The largest absolute Gasteiger partial charge is 0.481 e. The number of aliphatic imine (C=N–C) groups is 1. The van der Waals surface area contributed by atoms with Crippen molar-refractivity contribution in [2.24, 2.45) is 28.1 Å². The van der Waals surface area contributed by atoms with E-state index in [1.54, 1.807) is 13.8 Å². The highest BCUT2D eigenvalue weighted by molar-refractivity contribution is 5.94. The number of carboxylic acids is 2. The summed E-state index contributed by atoms with van der Waals surface area (Å²) in [5.74, 6) is -5.91. The zero-order chi connectivity index (χ0) is 26.4. The summed E-state index contributed by atoms with van der Waals surface area (Å²) in [6.07, 6.45) is 0.00435. The summed E-state index contributed by atoms with van der Waals surface area (Å²) in [4.78, 5) is 63.4. The molecule has 15 heteroatoms. The summed E-state index contributed by atoms with van der Waals surface area (Å²) in [6, 6.07) is -5.46. The number of nitrogens with two attached hydrogens (primary N) is 3. The van der Waals surface area contributed by atoms with E-state index in [9.17, 15) is 34.2 Å². The van der Waals surface area contributed by atoms with Gasteiger partial charge in [-0.2, -0.15) is 0 Å². The minimum Gasteiger partial charge on any atom is -0.481 e. The number of hydrogen-bond donors (Lipinski definition) is 9. The minimum atomic E-state index is -1.54. The van der Waals surface area contributed by atoms with Gasteiger partial charge in [0.25, 0.3) is 0 Å². The van der Waals surface area contributed by atoms with Crippen LogP contribution in [0.1, 0.15) is 39.5 Å². The van der Waals surface area contributed by atoms with Crippen molar-refractivity contribution in [2.75, 3.05) is 13.2 Å². The third-order valence-corrected chi connectivity index (χ3v) is 4.90. The SMILES string of the molecule is CCC(C)C(NC(=O)C(CCCN=C(N)N)NC(=O)C(CO)NC(=O)C(N)CC(=O)O)C(=O)O. The Labute approximate surface area is 196 Å². The normalized spacial score (nSPS) is 15.1. The number of nitrogens with zero attached hydrogens (tertiary/aromatic N) is 1. The third-order valence-electron chi connectivity index (χ3n) is 4.90. The van der Waals surface area contributed by atoms with Crippen molar-refractivity contribution in [1.82, 2.24) is 16.0 Å². The Hall–Kier alpha value is -3.46. The number of amides is 3. The predicted molar refractivity (Wildman–Crippen MR) is 120 cm³/mol. The molecule has 194 valence electrons. The first-order valence-electron chi connectivity index (χ1n) is 10.6. The summed E-state index contributed by atoms with van der Waals surface area (Å²) in [5.41, 5.74) is 16.0. The maximum Gasteiger partial charge on any atom is 0.326 e. The Balaban J connectivity index is 5.46. The smallest absolute Gasteiger partial charge is 0.326 e. The van der Waals surface area contributed by atoms with Crippen LogP contribution in [0.5, 0.6) is 0 Å². The van der Waals surface area contributed by atoms with Crippen LogP contribution in [0.3, 0.4) is 0 Å². The van der Waals surface area contributed by atoms with Crippen molar-refractivity contribution < 1.29 is 39.3 Å². The molecule has 12 N–H and O–H groups in total. The maximum absolute atomic E-state index is 12.8. The van der Waals surface area contributed by atoms with Gasteiger partial charge in [0.2, 0.25) is 17.7 Å². The van der Waals surface area contributed by atoms with Gasteiger partial charge in [0.15, 0.2) is 5.96 Å². The molecule has 3 amide bonds. The van der Waals surface area contributed by atoms with Crippen molar-refractivity contribution in [2.45, 2.75) is 63.7 Å². The average molecular weight is 490 g/mol. The number of carboxylic acid groups (broad SMARTS) is 2. The summed E-state index contributed by atoms with van der Waals surface area (Å²) < 4.78 is 0. The fourth-order valence-corrected chi connectivity index (χ4v) is 2.74. The Morgan fingerprint density at radius 1 is 0.941 bits per heavy atom. The van der Waals surface area contributed by atoms with Crippen molar-refractivity contribution in [3.63, 3.8) is 0 Å². The molecule has 0 aliphatic heterocycles. The van der Waals surface area contributed by atoms with Crippen LogP contribution in [0.25, 0.3) is 0 Å². The second-order valence-corrected chi connectivity index (χ2v) is 7.67. The summed E-state index contributed by atoms with van der Waals surface area (Å²) in [6.45, 7) is 2.65. The molecule has 0 heterocycles. The maximum atomic E-state index is 12.8. The van der Waals surface area contributed by atoms with E-state index in [1.165, 1.54) is 0 Å². The molecule has 0 saturated carbocycles. The molecule has 0 aromatic rings. The molecule has 0 bridgehead atoms. The quantitative estimate of drug-likeness (QED) is 0.0580. The lowest BCUT2D eigenvalue weighted by Gasteiger charge is -2.26. The van der Waals surface area contributed by atoms with Crippen LogP contribution < -0.4 is 33.2 Å². The van der Waals surface area contributed by atoms with E-state index >= 15 is 0 Å². The molecule has 0 rings (SSSR count). The first kappa shape index (κ1) is 30.5. The van der Waals surface area contributed by atoms with E-state index in [0.717, 1.165) is 0 Å². The van der Waals surface area contributed by atoms with Gasteiger partial charge in [0.05, 0.1) is 19.1 Å². The number of nitrogens with one attached hydrogen (secondary N) is 3. The first-order valence-corrected chi connectivity index (χ1v) is 10.6. The van der Waals surface area contributed by atoms with Gasteiger partial charge in [-0.15, -0.1) is 0 Å². The van der Waals surface area contributed by atoms with Crippen molar-refractivity contribution in [1.29, 1.82) is 0 Å². The number of carbonyl (C=O) groups is 5. The zero-order valence-corrected chi connectivity index (χ0v) is 19.2. The van der Waals surface area contributed by atoms with Crippen LogP contribution in [-0.4, -0.2) is 88.3 Å². The van der Waals surface area contributed by atoms with E-state index in [2.05, 4.69) is 20.9 Å². The van der Waals surface area contributed by atoms with Crippen LogP contribution in [-0.2, 0) is 24.0 Å². The highest BCUT2D eigenvalue weighted by Crippen LogP contribution is 2.09. The van der Waals surface area contributed by atoms with Crippen LogP contribution in [0.2, 0.25) is 0 Å².